The van der Waals surface area contributed by atoms with Gasteiger partial charge in [0.2, 0.25) is 5.13 Å². The summed E-state index contributed by atoms with van der Waals surface area (Å²) in [7, 11) is 0. The van der Waals surface area contributed by atoms with Crippen molar-refractivity contribution >= 4 is 40.1 Å². The van der Waals surface area contributed by atoms with Gasteiger partial charge in [0.05, 0.1) is 18.0 Å². The highest BCUT2D eigenvalue weighted by Crippen LogP contribution is 2.34. The predicted octanol–water partition coefficient (Wildman–Crippen LogP) is 3.99. The van der Waals surface area contributed by atoms with E-state index in [0.29, 0.717) is 23.0 Å². The summed E-state index contributed by atoms with van der Waals surface area (Å²) in [5, 5.41) is 0.628. The molecule has 3 heterocycles. The first kappa shape index (κ1) is 22.5. The van der Waals surface area contributed by atoms with Crippen LogP contribution in [0.5, 0.6) is 5.75 Å². The maximum Gasteiger partial charge on any atom is 0.389 e. The quantitative estimate of drug-likeness (QED) is 0.617. The van der Waals surface area contributed by atoms with Crippen LogP contribution in [-0.2, 0) is 16.0 Å². The molecule has 2 aliphatic rings. The zero-order valence-electron chi connectivity index (χ0n) is 16.8. The first-order valence-electron chi connectivity index (χ1n) is 9.78. The van der Waals surface area contributed by atoms with Gasteiger partial charge in [0.25, 0.3) is 11.8 Å². The Labute approximate surface area is 190 Å². The second-order valence-corrected chi connectivity index (χ2v) is 8.66. The number of hydrogen-bond acceptors (Lipinski definition) is 6. The minimum atomic E-state index is -4.31. The third-order valence-corrected chi connectivity index (χ3v) is 6.24. The highest BCUT2D eigenvalue weighted by Gasteiger charge is 2.45. The molecule has 0 radical (unpaired) electrons. The molecule has 2 atom stereocenters. The molecule has 1 aromatic heterocycles. The van der Waals surface area contributed by atoms with Crippen molar-refractivity contribution < 1.29 is 27.5 Å². The Hall–Kier alpha value is -2.66. The van der Waals surface area contributed by atoms with Gasteiger partial charge in [-0.1, -0.05) is 23.7 Å². The minimum Gasteiger partial charge on any atom is -0.458 e. The summed E-state index contributed by atoms with van der Waals surface area (Å²) in [5.41, 5.74) is 0. The molecule has 0 aliphatic carbocycles. The molecule has 1 unspecified atom stereocenters. The van der Waals surface area contributed by atoms with Crippen LogP contribution in [0, 0.1) is 0 Å². The molecule has 0 bridgehead atoms. The molecule has 2 amide bonds. The Kier molecular flexibility index (Phi) is 6.13. The average molecular weight is 487 g/mol. The molecular formula is C20H18ClF3N4O3S. The summed E-state index contributed by atoms with van der Waals surface area (Å²) in [6.45, 7) is 1.90. The summed E-state index contributed by atoms with van der Waals surface area (Å²) in [6, 6.07) is 5.82. The van der Waals surface area contributed by atoms with E-state index in [1.54, 1.807) is 31.2 Å². The van der Waals surface area contributed by atoms with Gasteiger partial charge in [0, 0.05) is 30.1 Å². The average Bonchev–Trinajstić information content (AvgIpc) is 3.39. The molecule has 1 fully saturated rings. The fourth-order valence-corrected chi connectivity index (χ4v) is 4.65. The van der Waals surface area contributed by atoms with Crippen LogP contribution in [0.3, 0.4) is 0 Å². The van der Waals surface area contributed by atoms with Crippen LogP contribution in [0.15, 0.2) is 36.1 Å². The lowest BCUT2D eigenvalue weighted by Crippen LogP contribution is -2.43. The normalized spacial score (nSPS) is 21.5. The van der Waals surface area contributed by atoms with Gasteiger partial charge in [-0.2, -0.15) is 17.5 Å². The number of rotatable bonds is 6. The van der Waals surface area contributed by atoms with Crippen molar-refractivity contribution in [1.82, 2.24) is 14.3 Å². The predicted molar refractivity (Wildman–Crippen MR) is 112 cm³/mol. The molecule has 170 valence electrons. The second kappa shape index (κ2) is 8.70. The standard InChI is InChI=1S/C20H18ClF3N4O3S/c1-11-8-14(18(30)28(11)19-25-16(26-32-19)6-7-20(22,23)24)27-10-12(9-17(27)29)31-15-5-3-2-4-13(15)21/h2-5,9,11,14H,6-8,10H2,1H3/t11?,14-/m0/s1. The lowest BCUT2D eigenvalue weighted by atomic mass is 10.1. The van der Waals surface area contributed by atoms with Gasteiger partial charge < -0.3 is 9.64 Å². The highest BCUT2D eigenvalue weighted by atomic mass is 35.5. The molecule has 0 spiro atoms. The number of halogens is 4. The number of para-hydroxylation sites is 1. The van der Waals surface area contributed by atoms with E-state index in [2.05, 4.69) is 9.36 Å². The van der Waals surface area contributed by atoms with E-state index in [1.165, 1.54) is 15.9 Å². The highest BCUT2D eigenvalue weighted by molar-refractivity contribution is 7.10. The van der Waals surface area contributed by atoms with Crippen molar-refractivity contribution in [2.45, 2.75) is 44.4 Å². The minimum absolute atomic E-state index is 0.0418. The third kappa shape index (κ3) is 4.73. The van der Waals surface area contributed by atoms with Crippen LogP contribution in [0.4, 0.5) is 18.3 Å². The van der Waals surface area contributed by atoms with E-state index < -0.39 is 18.6 Å². The van der Waals surface area contributed by atoms with Gasteiger partial charge in [0.15, 0.2) is 0 Å². The van der Waals surface area contributed by atoms with Gasteiger partial charge in [-0.3, -0.25) is 14.5 Å². The van der Waals surface area contributed by atoms with Gasteiger partial charge >= 0.3 is 6.18 Å². The number of carbonyl (C=O) groups excluding carboxylic acids is 2. The summed E-state index contributed by atoms with van der Waals surface area (Å²) in [4.78, 5) is 32.6. The van der Waals surface area contributed by atoms with E-state index in [-0.39, 0.29) is 41.8 Å². The summed E-state index contributed by atoms with van der Waals surface area (Å²) >= 11 is 6.97. The number of aryl methyl sites for hydroxylation is 1. The molecule has 0 saturated carbocycles. The topological polar surface area (TPSA) is 75.6 Å². The fourth-order valence-electron chi connectivity index (χ4n) is 3.65. The number of aromatic nitrogens is 2. The summed E-state index contributed by atoms with van der Waals surface area (Å²) in [5.74, 6) is 0.106. The Morgan fingerprint density at radius 3 is 2.75 bits per heavy atom. The number of benzene rings is 1. The number of alkyl halides is 3. The fraction of sp³-hybridized carbons (Fsp3) is 0.400. The number of ether oxygens (including phenoxy) is 1. The Morgan fingerprint density at radius 1 is 1.28 bits per heavy atom. The van der Waals surface area contributed by atoms with E-state index in [0.717, 1.165) is 11.5 Å². The molecule has 2 aliphatic heterocycles. The Bertz CT molecular complexity index is 1070. The van der Waals surface area contributed by atoms with Crippen LogP contribution in [0.25, 0.3) is 0 Å². The monoisotopic (exact) mass is 486 g/mol. The molecule has 0 N–H and O–H groups in total. The van der Waals surface area contributed by atoms with Gasteiger partial charge in [0.1, 0.15) is 23.4 Å². The molecule has 12 heteroatoms. The molecule has 32 heavy (non-hydrogen) atoms. The van der Waals surface area contributed by atoms with Crippen molar-refractivity contribution in [2.24, 2.45) is 0 Å². The van der Waals surface area contributed by atoms with Crippen LogP contribution >= 0.6 is 23.1 Å². The van der Waals surface area contributed by atoms with Crippen LogP contribution in [-0.4, -0.2) is 50.9 Å². The molecule has 1 aromatic carbocycles. The van der Waals surface area contributed by atoms with Gasteiger partial charge in [-0.25, -0.2) is 4.98 Å². The third-order valence-electron chi connectivity index (χ3n) is 5.17. The van der Waals surface area contributed by atoms with Crippen molar-refractivity contribution in [2.75, 3.05) is 11.4 Å². The van der Waals surface area contributed by atoms with Crippen molar-refractivity contribution in [3.05, 3.63) is 46.9 Å². The van der Waals surface area contributed by atoms with Crippen molar-refractivity contribution in [1.29, 1.82) is 0 Å². The van der Waals surface area contributed by atoms with E-state index in [4.69, 9.17) is 16.3 Å². The Morgan fingerprint density at radius 2 is 2.03 bits per heavy atom. The van der Waals surface area contributed by atoms with E-state index in [1.807, 2.05) is 0 Å². The zero-order chi connectivity index (χ0) is 23.0. The summed E-state index contributed by atoms with van der Waals surface area (Å²) < 4.78 is 47.0. The summed E-state index contributed by atoms with van der Waals surface area (Å²) in [6.07, 6.45) is -4.01. The van der Waals surface area contributed by atoms with E-state index >= 15 is 0 Å². The number of hydrogen-bond donors (Lipinski definition) is 0. The SMILES string of the molecule is CC1C[C@H](N2CC(Oc3ccccc3Cl)=CC2=O)C(=O)N1c1nc(CCC(F)(F)F)ns1. The number of carbonyl (C=O) groups is 2. The molecule has 2 aromatic rings. The molecule has 4 rings (SSSR count). The van der Waals surface area contributed by atoms with Crippen LogP contribution in [0.2, 0.25) is 5.02 Å². The van der Waals surface area contributed by atoms with Crippen LogP contribution < -0.4 is 9.64 Å². The Balaban J connectivity index is 1.43. The van der Waals surface area contributed by atoms with Crippen molar-refractivity contribution in [3.8, 4) is 5.75 Å². The second-order valence-electron chi connectivity index (χ2n) is 7.53. The van der Waals surface area contributed by atoms with E-state index in [9.17, 15) is 22.8 Å². The van der Waals surface area contributed by atoms with Gasteiger partial charge in [-0.15, -0.1) is 0 Å². The number of anilines is 1. The molecule has 7 nitrogen and oxygen atoms in total. The first-order chi connectivity index (χ1) is 15.1. The smallest absolute Gasteiger partial charge is 0.389 e. The van der Waals surface area contributed by atoms with Crippen LogP contribution in [0.1, 0.15) is 25.6 Å². The van der Waals surface area contributed by atoms with Crippen molar-refractivity contribution in [3.63, 3.8) is 0 Å². The zero-order valence-corrected chi connectivity index (χ0v) is 18.4. The maximum absolute atomic E-state index is 13.1. The van der Waals surface area contributed by atoms with Gasteiger partial charge in [-0.05, 0) is 25.5 Å². The molecule has 1 saturated heterocycles. The number of nitrogens with zero attached hydrogens (tertiary/aromatic N) is 4. The maximum atomic E-state index is 13.1. The number of amides is 2. The lowest BCUT2D eigenvalue weighted by molar-refractivity contribution is -0.134. The largest absolute Gasteiger partial charge is 0.458 e. The first-order valence-corrected chi connectivity index (χ1v) is 10.9. The lowest BCUT2D eigenvalue weighted by Gasteiger charge is -2.23. The molecular weight excluding hydrogens is 469 g/mol.